The number of hydrogen-bond acceptors (Lipinski definition) is 6. The summed E-state index contributed by atoms with van der Waals surface area (Å²) in [5, 5.41) is 11.4. The Bertz CT molecular complexity index is 1550. The van der Waals surface area contributed by atoms with Gasteiger partial charge in [-0.2, -0.15) is 0 Å². The maximum absolute atomic E-state index is 13.4. The molecule has 41 heavy (non-hydrogen) atoms. The molecule has 7 nitrogen and oxygen atoms in total. The zero-order valence-corrected chi connectivity index (χ0v) is 22.9. The first-order valence-electron chi connectivity index (χ1n) is 13.3. The Kier molecular flexibility index (Phi) is 8.34. The van der Waals surface area contributed by atoms with Crippen molar-refractivity contribution in [2.24, 2.45) is 0 Å². The van der Waals surface area contributed by atoms with Crippen LogP contribution in [0.2, 0.25) is 0 Å². The fourth-order valence-corrected chi connectivity index (χ4v) is 4.96. The second-order valence-electron chi connectivity index (χ2n) is 9.64. The lowest BCUT2D eigenvalue weighted by molar-refractivity contribution is -0.139. The number of rotatable bonds is 10. The minimum Gasteiger partial charge on any atom is -0.507 e. The Hall–Kier alpha value is -5.04. The van der Waals surface area contributed by atoms with Crippen molar-refractivity contribution in [3.8, 4) is 17.2 Å². The highest BCUT2D eigenvalue weighted by Crippen LogP contribution is 2.42. The maximum atomic E-state index is 13.4. The molecule has 1 unspecified atom stereocenters. The van der Waals surface area contributed by atoms with Crippen LogP contribution in [-0.2, 0) is 22.6 Å². The van der Waals surface area contributed by atoms with Crippen molar-refractivity contribution in [2.45, 2.75) is 19.1 Å². The Morgan fingerprint density at radius 3 is 2.07 bits per heavy atom. The van der Waals surface area contributed by atoms with Crippen molar-refractivity contribution in [3.63, 3.8) is 0 Å². The van der Waals surface area contributed by atoms with Crippen LogP contribution in [0.25, 0.3) is 5.76 Å². The van der Waals surface area contributed by atoms with Crippen LogP contribution in [0.4, 0.5) is 0 Å². The first-order chi connectivity index (χ1) is 20.0. The van der Waals surface area contributed by atoms with Crippen LogP contribution < -0.4 is 14.2 Å². The Labute approximate surface area is 239 Å². The Morgan fingerprint density at radius 1 is 0.780 bits per heavy atom. The number of aliphatic hydroxyl groups excluding tert-OH is 1. The number of aliphatic hydroxyl groups is 1. The average molecular weight is 550 g/mol. The van der Waals surface area contributed by atoms with Gasteiger partial charge in [-0.15, -0.1) is 0 Å². The Morgan fingerprint density at radius 2 is 1.44 bits per heavy atom. The molecule has 1 N–H and O–H groups in total. The number of amides is 1. The quantitative estimate of drug-likeness (QED) is 0.150. The summed E-state index contributed by atoms with van der Waals surface area (Å²) in [6.45, 7) is 0.636. The lowest BCUT2D eigenvalue weighted by Gasteiger charge is -2.26. The summed E-state index contributed by atoms with van der Waals surface area (Å²) in [6, 6.07) is 30.7. The van der Waals surface area contributed by atoms with E-state index in [0.29, 0.717) is 41.4 Å². The van der Waals surface area contributed by atoms with Gasteiger partial charge < -0.3 is 24.2 Å². The molecule has 1 saturated heterocycles. The number of methoxy groups -OCH3 is 2. The lowest BCUT2D eigenvalue weighted by atomic mass is 9.94. The van der Waals surface area contributed by atoms with Gasteiger partial charge in [-0.25, -0.2) is 0 Å². The standard InChI is InChI=1S/C34H31NO6/c1-39-27-16-13-25(14-17-27)32(36)30-31(35(34(38)33(30)37)20-19-23-9-5-3-6-10-23)26-15-18-28(29(21-26)40-2)41-22-24-11-7-4-8-12-24/h3-18,21,31,36H,19-20,22H2,1-2H3. The molecular weight excluding hydrogens is 518 g/mol. The van der Waals surface area contributed by atoms with E-state index >= 15 is 0 Å². The average Bonchev–Trinajstić information content (AvgIpc) is 3.28. The lowest BCUT2D eigenvalue weighted by Crippen LogP contribution is -2.31. The highest BCUT2D eigenvalue weighted by Gasteiger charge is 2.46. The monoisotopic (exact) mass is 549 g/mol. The molecule has 5 rings (SSSR count). The number of likely N-dealkylation sites (tertiary alicyclic amines) is 1. The van der Waals surface area contributed by atoms with Crippen LogP contribution in [0.5, 0.6) is 17.2 Å². The number of ketones is 1. The summed E-state index contributed by atoms with van der Waals surface area (Å²) in [6.07, 6.45) is 0.544. The second-order valence-corrected chi connectivity index (χ2v) is 9.64. The normalized spacial score (nSPS) is 16.0. The predicted molar refractivity (Wildman–Crippen MR) is 156 cm³/mol. The van der Waals surface area contributed by atoms with Crippen LogP contribution in [0.15, 0.2) is 109 Å². The largest absolute Gasteiger partial charge is 0.507 e. The molecule has 4 aromatic carbocycles. The van der Waals surface area contributed by atoms with E-state index in [1.807, 2.05) is 60.7 Å². The molecule has 0 bridgehead atoms. The minimum atomic E-state index is -0.821. The van der Waals surface area contributed by atoms with E-state index in [2.05, 4.69) is 0 Å². The topological polar surface area (TPSA) is 85.3 Å². The highest BCUT2D eigenvalue weighted by atomic mass is 16.5. The van der Waals surface area contributed by atoms with Gasteiger partial charge in [0.25, 0.3) is 11.7 Å². The van der Waals surface area contributed by atoms with Gasteiger partial charge in [0.2, 0.25) is 0 Å². The van der Waals surface area contributed by atoms with Gasteiger partial charge in [0.1, 0.15) is 18.1 Å². The van der Waals surface area contributed by atoms with Gasteiger partial charge in [0, 0.05) is 12.1 Å². The third kappa shape index (κ3) is 5.94. The molecule has 1 atom stereocenters. The molecule has 1 heterocycles. The van der Waals surface area contributed by atoms with E-state index < -0.39 is 17.7 Å². The van der Waals surface area contributed by atoms with Gasteiger partial charge in [-0.05, 0) is 59.5 Å². The van der Waals surface area contributed by atoms with Crippen molar-refractivity contribution in [1.82, 2.24) is 4.90 Å². The minimum absolute atomic E-state index is 0.0215. The Balaban J connectivity index is 1.53. The molecule has 0 spiro atoms. The number of Topliss-reactive ketones (excluding diaryl/α,β-unsaturated/α-hetero) is 1. The van der Waals surface area contributed by atoms with Crippen molar-refractivity contribution in [3.05, 3.63) is 131 Å². The molecule has 0 aliphatic carbocycles. The van der Waals surface area contributed by atoms with Gasteiger partial charge in [-0.1, -0.05) is 66.7 Å². The third-order valence-electron chi connectivity index (χ3n) is 7.13. The summed E-state index contributed by atoms with van der Waals surface area (Å²) in [5.74, 6) is -0.0593. The maximum Gasteiger partial charge on any atom is 0.295 e. The van der Waals surface area contributed by atoms with E-state index in [0.717, 1.165) is 11.1 Å². The smallest absolute Gasteiger partial charge is 0.295 e. The zero-order valence-electron chi connectivity index (χ0n) is 22.9. The zero-order chi connectivity index (χ0) is 28.8. The van der Waals surface area contributed by atoms with Crippen molar-refractivity contribution >= 4 is 17.4 Å². The summed E-state index contributed by atoms with van der Waals surface area (Å²) < 4.78 is 16.9. The number of hydrogen-bond donors (Lipinski definition) is 1. The predicted octanol–water partition coefficient (Wildman–Crippen LogP) is 5.95. The number of carbonyl (C=O) groups is 2. The molecule has 1 amide bonds. The second kappa shape index (κ2) is 12.4. The first kappa shape index (κ1) is 27.5. The number of carbonyl (C=O) groups excluding carboxylic acids is 2. The fraction of sp³-hybridized carbons (Fsp3) is 0.176. The number of benzene rings is 4. The van der Waals surface area contributed by atoms with Crippen molar-refractivity contribution in [2.75, 3.05) is 20.8 Å². The molecule has 1 aliphatic heterocycles. The van der Waals surface area contributed by atoms with Crippen LogP contribution in [0, 0.1) is 0 Å². The third-order valence-corrected chi connectivity index (χ3v) is 7.13. The van der Waals surface area contributed by atoms with Crippen molar-refractivity contribution in [1.29, 1.82) is 0 Å². The molecule has 208 valence electrons. The molecule has 4 aromatic rings. The van der Waals surface area contributed by atoms with E-state index in [-0.39, 0.29) is 17.9 Å². The summed E-state index contributed by atoms with van der Waals surface area (Å²) in [7, 11) is 3.09. The number of nitrogens with zero attached hydrogens (tertiary/aromatic N) is 1. The summed E-state index contributed by atoms with van der Waals surface area (Å²) >= 11 is 0. The molecule has 0 radical (unpaired) electrons. The van der Waals surface area contributed by atoms with Gasteiger partial charge in [0.05, 0.1) is 25.8 Å². The molecule has 1 fully saturated rings. The van der Waals surface area contributed by atoms with Gasteiger partial charge >= 0.3 is 0 Å². The summed E-state index contributed by atoms with van der Waals surface area (Å²) in [5.41, 5.74) is 3.09. The summed E-state index contributed by atoms with van der Waals surface area (Å²) in [4.78, 5) is 28.4. The van der Waals surface area contributed by atoms with Crippen LogP contribution in [-0.4, -0.2) is 42.5 Å². The van der Waals surface area contributed by atoms with Crippen LogP contribution in [0.1, 0.15) is 28.3 Å². The van der Waals surface area contributed by atoms with E-state index in [9.17, 15) is 14.7 Å². The molecule has 7 heteroatoms. The van der Waals surface area contributed by atoms with E-state index in [1.165, 1.54) is 12.0 Å². The molecule has 1 aliphatic rings. The van der Waals surface area contributed by atoms with Crippen molar-refractivity contribution < 1.29 is 28.9 Å². The van der Waals surface area contributed by atoms with Gasteiger partial charge in [-0.3, -0.25) is 9.59 Å². The number of ether oxygens (including phenoxy) is 3. The van der Waals surface area contributed by atoms with Gasteiger partial charge in [0.15, 0.2) is 11.5 Å². The van der Waals surface area contributed by atoms with Crippen LogP contribution in [0.3, 0.4) is 0 Å². The molecule has 0 saturated carbocycles. The first-order valence-corrected chi connectivity index (χ1v) is 13.3. The SMILES string of the molecule is COc1ccc(C(O)=C2C(=O)C(=O)N(CCc3ccccc3)C2c2ccc(OCc3ccccc3)c(OC)c2)cc1. The highest BCUT2D eigenvalue weighted by molar-refractivity contribution is 6.46. The van der Waals surface area contributed by atoms with E-state index in [4.69, 9.17) is 14.2 Å². The fourth-order valence-electron chi connectivity index (χ4n) is 4.96. The van der Waals surface area contributed by atoms with E-state index in [1.54, 1.807) is 49.6 Å². The van der Waals surface area contributed by atoms with Crippen LogP contribution >= 0.6 is 0 Å². The molecule has 0 aromatic heterocycles. The molecular formula is C34H31NO6.